The van der Waals surface area contributed by atoms with Crippen molar-refractivity contribution < 1.29 is 14.7 Å². The number of rotatable bonds is 4. The number of thioether (sulfide) groups is 1. The fraction of sp³-hybridized carbons (Fsp3) is 0.846. The molecule has 0 aromatic carbocycles. The Morgan fingerprint density at radius 2 is 2.21 bits per heavy atom. The van der Waals surface area contributed by atoms with Gasteiger partial charge in [0.2, 0.25) is 0 Å². The summed E-state index contributed by atoms with van der Waals surface area (Å²) in [5, 5.41) is 12.0. The molecule has 1 saturated carbocycles. The molecule has 0 bridgehead atoms. The number of aliphatic carboxylic acids is 1. The first-order valence-corrected chi connectivity index (χ1v) is 8.10. The van der Waals surface area contributed by atoms with Gasteiger partial charge in [0.05, 0.1) is 12.5 Å². The van der Waals surface area contributed by atoms with Crippen LogP contribution in [0.2, 0.25) is 0 Å². The summed E-state index contributed by atoms with van der Waals surface area (Å²) in [6.45, 7) is 2.69. The molecular weight excluding hydrogens is 264 g/mol. The number of nitrogens with zero attached hydrogens (tertiary/aromatic N) is 1. The predicted molar refractivity (Wildman–Crippen MR) is 75.4 cm³/mol. The first-order chi connectivity index (χ1) is 9.08. The van der Waals surface area contributed by atoms with Crippen LogP contribution in [-0.4, -0.2) is 52.1 Å². The van der Waals surface area contributed by atoms with Gasteiger partial charge in [-0.15, -0.1) is 0 Å². The number of nitrogens with one attached hydrogen (secondary N) is 1. The van der Waals surface area contributed by atoms with Crippen LogP contribution in [-0.2, 0) is 4.79 Å². The molecule has 2 fully saturated rings. The molecule has 6 heteroatoms. The second-order valence-electron chi connectivity index (χ2n) is 5.45. The van der Waals surface area contributed by atoms with E-state index in [0.717, 1.165) is 11.5 Å². The quantitative estimate of drug-likeness (QED) is 0.826. The Kier molecular flexibility index (Phi) is 4.96. The lowest BCUT2D eigenvalue weighted by Crippen LogP contribution is -2.54. The standard InChI is InChI=1S/C13H22N2O3S/c1-9(10-3-2-4-10)14-13(18)15-5-6-19-8-11(15)7-12(16)17/h9-11H,2-8H2,1H3,(H,14,18)(H,16,17). The van der Waals surface area contributed by atoms with Gasteiger partial charge in [0.25, 0.3) is 0 Å². The zero-order valence-corrected chi connectivity index (χ0v) is 12.1. The summed E-state index contributed by atoms with van der Waals surface area (Å²) in [7, 11) is 0. The Balaban J connectivity index is 1.88. The molecule has 2 unspecified atom stereocenters. The van der Waals surface area contributed by atoms with Crippen molar-refractivity contribution in [1.29, 1.82) is 0 Å². The highest BCUT2D eigenvalue weighted by molar-refractivity contribution is 7.99. The minimum atomic E-state index is -0.836. The maximum Gasteiger partial charge on any atom is 0.317 e. The summed E-state index contributed by atoms with van der Waals surface area (Å²) in [5.41, 5.74) is 0. The van der Waals surface area contributed by atoms with E-state index < -0.39 is 5.97 Å². The molecule has 2 atom stereocenters. The van der Waals surface area contributed by atoms with E-state index in [1.807, 2.05) is 6.92 Å². The zero-order valence-electron chi connectivity index (χ0n) is 11.3. The monoisotopic (exact) mass is 286 g/mol. The lowest BCUT2D eigenvalue weighted by molar-refractivity contribution is -0.138. The van der Waals surface area contributed by atoms with Crippen LogP contribution in [0.1, 0.15) is 32.6 Å². The average Bonchev–Trinajstić information content (AvgIpc) is 2.26. The average molecular weight is 286 g/mol. The molecule has 0 aromatic rings. The van der Waals surface area contributed by atoms with Crippen molar-refractivity contribution in [1.82, 2.24) is 10.2 Å². The maximum atomic E-state index is 12.3. The van der Waals surface area contributed by atoms with Crippen LogP contribution in [0.15, 0.2) is 0 Å². The van der Waals surface area contributed by atoms with Crippen molar-refractivity contribution in [2.24, 2.45) is 5.92 Å². The van der Waals surface area contributed by atoms with E-state index in [-0.39, 0.29) is 24.5 Å². The predicted octanol–water partition coefficient (Wildman–Crippen LogP) is 1.78. The van der Waals surface area contributed by atoms with Gasteiger partial charge in [-0.1, -0.05) is 6.42 Å². The first-order valence-electron chi connectivity index (χ1n) is 6.94. The molecule has 108 valence electrons. The lowest BCUT2D eigenvalue weighted by atomic mass is 9.80. The third-order valence-electron chi connectivity index (χ3n) is 4.11. The molecule has 2 rings (SSSR count). The first kappa shape index (κ1) is 14.5. The van der Waals surface area contributed by atoms with E-state index in [9.17, 15) is 9.59 Å². The van der Waals surface area contributed by atoms with Crippen LogP contribution in [0.25, 0.3) is 0 Å². The molecule has 2 N–H and O–H groups in total. The number of urea groups is 1. The van der Waals surface area contributed by atoms with Crippen LogP contribution in [0.5, 0.6) is 0 Å². The summed E-state index contributed by atoms with van der Waals surface area (Å²) in [6.07, 6.45) is 3.68. The Morgan fingerprint density at radius 3 is 2.79 bits per heavy atom. The second-order valence-corrected chi connectivity index (χ2v) is 6.60. The third kappa shape index (κ3) is 3.78. The summed E-state index contributed by atoms with van der Waals surface area (Å²) >= 11 is 1.72. The zero-order chi connectivity index (χ0) is 13.8. The van der Waals surface area contributed by atoms with Gasteiger partial charge in [-0.3, -0.25) is 4.79 Å². The molecule has 0 spiro atoms. The molecule has 1 saturated heterocycles. The minimum Gasteiger partial charge on any atom is -0.481 e. The van der Waals surface area contributed by atoms with Gasteiger partial charge < -0.3 is 15.3 Å². The van der Waals surface area contributed by atoms with Gasteiger partial charge in [0.1, 0.15) is 0 Å². The van der Waals surface area contributed by atoms with Crippen molar-refractivity contribution in [3.05, 3.63) is 0 Å². The van der Waals surface area contributed by atoms with Gasteiger partial charge in [0, 0.05) is 24.1 Å². The summed E-state index contributed by atoms with van der Waals surface area (Å²) in [5.74, 6) is 1.37. The van der Waals surface area contributed by atoms with Crippen LogP contribution in [0.4, 0.5) is 4.79 Å². The van der Waals surface area contributed by atoms with E-state index in [4.69, 9.17) is 5.11 Å². The number of carboxylic acid groups (broad SMARTS) is 1. The molecule has 2 amide bonds. The minimum absolute atomic E-state index is 0.0399. The topological polar surface area (TPSA) is 69.6 Å². The third-order valence-corrected chi connectivity index (χ3v) is 5.20. The largest absolute Gasteiger partial charge is 0.481 e. The van der Waals surface area contributed by atoms with Gasteiger partial charge in [-0.25, -0.2) is 4.79 Å². The molecule has 0 radical (unpaired) electrons. The van der Waals surface area contributed by atoms with Crippen molar-refractivity contribution in [3.63, 3.8) is 0 Å². The van der Waals surface area contributed by atoms with Gasteiger partial charge in [-0.05, 0) is 25.7 Å². The fourth-order valence-corrected chi connectivity index (χ4v) is 3.69. The number of hydrogen-bond acceptors (Lipinski definition) is 3. The van der Waals surface area contributed by atoms with Gasteiger partial charge >= 0.3 is 12.0 Å². The fourth-order valence-electron chi connectivity index (χ4n) is 2.63. The van der Waals surface area contributed by atoms with Crippen LogP contribution in [0, 0.1) is 5.92 Å². The van der Waals surface area contributed by atoms with E-state index in [0.29, 0.717) is 12.5 Å². The molecule has 1 heterocycles. The molecule has 0 aromatic heterocycles. The van der Waals surface area contributed by atoms with Crippen molar-refractivity contribution in [2.45, 2.75) is 44.7 Å². The molecule has 1 aliphatic carbocycles. The van der Waals surface area contributed by atoms with E-state index in [1.165, 1.54) is 19.3 Å². The highest BCUT2D eigenvalue weighted by Crippen LogP contribution is 2.29. The summed E-state index contributed by atoms with van der Waals surface area (Å²) in [4.78, 5) is 24.8. The number of carbonyl (C=O) groups excluding carboxylic acids is 1. The number of carbonyl (C=O) groups is 2. The van der Waals surface area contributed by atoms with Crippen LogP contribution in [0.3, 0.4) is 0 Å². The van der Waals surface area contributed by atoms with E-state index in [2.05, 4.69) is 5.32 Å². The van der Waals surface area contributed by atoms with Crippen molar-refractivity contribution in [2.75, 3.05) is 18.1 Å². The van der Waals surface area contributed by atoms with Gasteiger partial charge in [-0.2, -0.15) is 11.8 Å². The maximum absolute atomic E-state index is 12.3. The molecular formula is C13H22N2O3S. The Labute approximate surface area is 118 Å². The Hall–Kier alpha value is -0.910. The van der Waals surface area contributed by atoms with Crippen LogP contribution < -0.4 is 5.32 Å². The highest BCUT2D eigenvalue weighted by Gasteiger charge is 2.31. The highest BCUT2D eigenvalue weighted by atomic mass is 32.2. The van der Waals surface area contributed by atoms with Crippen LogP contribution >= 0.6 is 11.8 Å². The normalized spacial score (nSPS) is 25.5. The summed E-state index contributed by atoms with van der Waals surface area (Å²) < 4.78 is 0. The Morgan fingerprint density at radius 1 is 1.47 bits per heavy atom. The lowest BCUT2D eigenvalue weighted by Gasteiger charge is -2.38. The van der Waals surface area contributed by atoms with E-state index >= 15 is 0 Å². The Bertz CT molecular complexity index is 347. The van der Waals surface area contributed by atoms with Crippen molar-refractivity contribution in [3.8, 4) is 0 Å². The number of amides is 2. The molecule has 1 aliphatic heterocycles. The number of hydrogen-bond donors (Lipinski definition) is 2. The van der Waals surface area contributed by atoms with Crippen molar-refractivity contribution >= 4 is 23.8 Å². The molecule has 2 aliphatic rings. The van der Waals surface area contributed by atoms with Gasteiger partial charge in [0.15, 0.2) is 0 Å². The summed E-state index contributed by atoms with van der Waals surface area (Å²) in [6, 6.07) is -0.0721. The molecule has 5 nitrogen and oxygen atoms in total. The molecule has 19 heavy (non-hydrogen) atoms. The smallest absolute Gasteiger partial charge is 0.317 e. The van der Waals surface area contributed by atoms with E-state index in [1.54, 1.807) is 16.7 Å². The second kappa shape index (κ2) is 6.50. The SMILES string of the molecule is CC(NC(=O)N1CCSCC1CC(=O)O)C1CCC1. The number of carboxylic acids is 1.